The van der Waals surface area contributed by atoms with Crippen LogP contribution in [0.4, 0.5) is 0 Å². The lowest BCUT2D eigenvalue weighted by atomic mass is 10.1. The Bertz CT molecular complexity index is 358. The molecule has 0 aliphatic heterocycles. The zero-order valence-corrected chi connectivity index (χ0v) is 11.5. The number of ether oxygens (including phenoxy) is 1. The van der Waals surface area contributed by atoms with E-state index in [1.807, 2.05) is 0 Å². The van der Waals surface area contributed by atoms with Crippen molar-refractivity contribution in [3.8, 4) is 0 Å². The topological polar surface area (TPSA) is 130 Å². The van der Waals surface area contributed by atoms with Crippen LogP contribution in [0.25, 0.3) is 10.4 Å². The highest BCUT2D eigenvalue weighted by molar-refractivity contribution is 5.86. The summed E-state index contributed by atoms with van der Waals surface area (Å²) in [6.07, 6.45) is 0.356. The van der Waals surface area contributed by atoms with Gasteiger partial charge in [0.2, 0.25) is 5.91 Å². The fourth-order valence-corrected chi connectivity index (χ4v) is 1.19. The molecule has 8 nitrogen and oxygen atoms in total. The third-order valence-electron chi connectivity index (χ3n) is 1.94. The number of azide groups is 1. The highest BCUT2D eigenvalue weighted by Gasteiger charge is 2.22. The van der Waals surface area contributed by atoms with Crippen LogP contribution in [-0.4, -0.2) is 36.6 Å². The summed E-state index contributed by atoms with van der Waals surface area (Å²) in [4.78, 5) is 25.6. The number of nitrogens with zero attached hydrogens (tertiary/aromatic N) is 3. The monoisotopic (exact) mass is 271 g/mol. The van der Waals surface area contributed by atoms with E-state index in [-0.39, 0.29) is 6.42 Å². The van der Waals surface area contributed by atoms with Crippen molar-refractivity contribution in [3.63, 3.8) is 0 Å². The minimum Gasteiger partial charge on any atom is -0.460 e. The van der Waals surface area contributed by atoms with E-state index in [2.05, 4.69) is 15.3 Å². The average molecular weight is 271 g/mol. The van der Waals surface area contributed by atoms with Gasteiger partial charge in [-0.15, -0.1) is 0 Å². The molecule has 0 aromatic heterocycles. The number of nitrogens with two attached hydrogens (primary N) is 1. The normalized spacial score (nSPS) is 12.2. The third kappa shape index (κ3) is 9.87. The predicted octanol–water partition coefficient (Wildman–Crippen LogP) is 0.862. The molecule has 0 aromatic carbocycles. The maximum absolute atomic E-state index is 11.5. The molecule has 0 fully saturated rings. The molecule has 108 valence electrons. The van der Waals surface area contributed by atoms with Gasteiger partial charge in [0.05, 0.1) is 12.5 Å². The first-order valence-corrected chi connectivity index (χ1v) is 6.02. The van der Waals surface area contributed by atoms with Gasteiger partial charge < -0.3 is 15.8 Å². The highest BCUT2D eigenvalue weighted by Crippen LogP contribution is 2.08. The Morgan fingerprint density at radius 3 is 2.63 bits per heavy atom. The van der Waals surface area contributed by atoms with Gasteiger partial charge in [0.1, 0.15) is 5.60 Å². The highest BCUT2D eigenvalue weighted by atomic mass is 16.6. The van der Waals surface area contributed by atoms with Gasteiger partial charge in [-0.1, -0.05) is 5.11 Å². The van der Waals surface area contributed by atoms with Crippen molar-refractivity contribution in [1.82, 2.24) is 5.32 Å². The van der Waals surface area contributed by atoms with Crippen molar-refractivity contribution in [3.05, 3.63) is 10.4 Å². The molecule has 1 atom stereocenters. The second kappa shape index (κ2) is 8.34. The third-order valence-corrected chi connectivity index (χ3v) is 1.94. The summed E-state index contributed by atoms with van der Waals surface area (Å²) in [5.41, 5.74) is 13.0. The Labute approximate surface area is 112 Å². The number of esters is 1. The van der Waals surface area contributed by atoms with E-state index in [9.17, 15) is 9.59 Å². The van der Waals surface area contributed by atoms with Crippen molar-refractivity contribution in [2.24, 2.45) is 10.8 Å². The first-order chi connectivity index (χ1) is 8.76. The van der Waals surface area contributed by atoms with Crippen LogP contribution in [0.5, 0.6) is 0 Å². The fraction of sp³-hybridized carbons (Fsp3) is 0.818. The zero-order valence-electron chi connectivity index (χ0n) is 11.5. The Kier molecular flexibility index (Phi) is 7.55. The van der Waals surface area contributed by atoms with Crippen molar-refractivity contribution in [1.29, 1.82) is 0 Å². The number of nitrogens with one attached hydrogen (secondary N) is 1. The second-order valence-corrected chi connectivity index (χ2v) is 5.00. The number of carbonyl (C=O) groups is 2. The van der Waals surface area contributed by atoms with Gasteiger partial charge in [0.15, 0.2) is 0 Å². The van der Waals surface area contributed by atoms with Crippen LogP contribution < -0.4 is 11.1 Å². The number of amides is 1. The van der Waals surface area contributed by atoms with E-state index < -0.39 is 23.5 Å². The Morgan fingerprint density at radius 2 is 2.11 bits per heavy atom. The van der Waals surface area contributed by atoms with Gasteiger partial charge in [-0.2, -0.15) is 0 Å². The minimum atomic E-state index is -0.936. The van der Waals surface area contributed by atoms with Crippen LogP contribution in [0.15, 0.2) is 5.11 Å². The zero-order chi connectivity index (χ0) is 14.9. The van der Waals surface area contributed by atoms with E-state index in [1.165, 1.54) is 0 Å². The second-order valence-electron chi connectivity index (χ2n) is 5.00. The van der Waals surface area contributed by atoms with Crippen LogP contribution in [0.1, 0.15) is 33.6 Å². The molecule has 1 amide bonds. The molecule has 0 saturated heterocycles. The quantitative estimate of drug-likeness (QED) is 0.234. The molecule has 1 unspecified atom stereocenters. The van der Waals surface area contributed by atoms with E-state index in [1.54, 1.807) is 20.8 Å². The average Bonchev–Trinajstić information content (AvgIpc) is 2.25. The lowest BCUT2D eigenvalue weighted by molar-refractivity contribution is -0.156. The van der Waals surface area contributed by atoms with E-state index in [4.69, 9.17) is 16.0 Å². The van der Waals surface area contributed by atoms with Gasteiger partial charge in [0.25, 0.3) is 0 Å². The molecular weight excluding hydrogens is 250 g/mol. The molecule has 19 heavy (non-hydrogen) atoms. The summed E-state index contributed by atoms with van der Waals surface area (Å²) in [5.74, 6) is -0.934. The van der Waals surface area contributed by atoms with E-state index in [0.717, 1.165) is 0 Å². The molecule has 0 rings (SSSR count). The standard InChI is InChI=1S/C11H21N5O3/c1-11(2,3)19-9(17)7-8(12)10(18)14-5-4-6-15-16-13/h8H,4-7,12H2,1-3H3,(H,14,18). The number of hydrogen-bond donors (Lipinski definition) is 2. The largest absolute Gasteiger partial charge is 0.460 e. The molecule has 0 saturated carbocycles. The van der Waals surface area contributed by atoms with Gasteiger partial charge in [0, 0.05) is 18.0 Å². The van der Waals surface area contributed by atoms with Crippen LogP contribution in [0.2, 0.25) is 0 Å². The molecule has 0 aromatic rings. The van der Waals surface area contributed by atoms with E-state index >= 15 is 0 Å². The summed E-state index contributed by atoms with van der Waals surface area (Å²) in [7, 11) is 0. The molecule has 3 N–H and O–H groups in total. The SMILES string of the molecule is CC(C)(C)OC(=O)CC(N)C(=O)NCCCN=[N+]=[N-]. The maximum atomic E-state index is 11.5. The van der Waals surface area contributed by atoms with Crippen LogP contribution >= 0.6 is 0 Å². The van der Waals surface area contributed by atoms with E-state index in [0.29, 0.717) is 19.5 Å². The number of carbonyl (C=O) groups excluding carboxylic acids is 2. The van der Waals surface area contributed by atoms with Gasteiger partial charge >= 0.3 is 5.97 Å². The summed E-state index contributed by atoms with van der Waals surface area (Å²) in [5, 5.41) is 5.88. The molecule has 0 bridgehead atoms. The van der Waals surface area contributed by atoms with Gasteiger partial charge in [-0.3, -0.25) is 9.59 Å². The lowest BCUT2D eigenvalue weighted by Gasteiger charge is -2.20. The molecule has 0 aliphatic rings. The first kappa shape index (κ1) is 17.2. The molecular formula is C11H21N5O3. The fourth-order valence-electron chi connectivity index (χ4n) is 1.19. The smallest absolute Gasteiger partial charge is 0.308 e. The number of hydrogen-bond acceptors (Lipinski definition) is 5. The van der Waals surface area contributed by atoms with Crippen LogP contribution in [0.3, 0.4) is 0 Å². The molecule has 0 heterocycles. The minimum absolute atomic E-state index is 0.167. The predicted molar refractivity (Wildman–Crippen MR) is 70.1 cm³/mol. The van der Waals surface area contributed by atoms with Gasteiger partial charge in [-0.25, -0.2) is 0 Å². The summed E-state index contributed by atoms with van der Waals surface area (Å²) >= 11 is 0. The summed E-state index contributed by atoms with van der Waals surface area (Å²) < 4.78 is 5.06. The van der Waals surface area contributed by atoms with Gasteiger partial charge in [-0.05, 0) is 32.7 Å². The molecule has 8 heteroatoms. The van der Waals surface area contributed by atoms with Crippen molar-refractivity contribution < 1.29 is 14.3 Å². The summed E-state index contributed by atoms with van der Waals surface area (Å²) in [6, 6.07) is -0.936. The van der Waals surface area contributed by atoms with Crippen LogP contribution in [0, 0.1) is 0 Å². The Morgan fingerprint density at radius 1 is 1.47 bits per heavy atom. The number of rotatable bonds is 7. The molecule has 0 aliphatic carbocycles. The van der Waals surface area contributed by atoms with Crippen molar-refractivity contribution in [2.75, 3.05) is 13.1 Å². The van der Waals surface area contributed by atoms with Crippen molar-refractivity contribution in [2.45, 2.75) is 45.3 Å². The molecule has 0 radical (unpaired) electrons. The Hall–Kier alpha value is -1.79. The summed E-state index contributed by atoms with van der Waals surface area (Å²) in [6.45, 7) is 5.88. The van der Waals surface area contributed by atoms with Crippen molar-refractivity contribution >= 4 is 11.9 Å². The Balaban J connectivity index is 3.93. The lowest BCUT2D eigenvalue weighted by Crippen LogP contribution is -2.43. The molecule has 0 spiro atoms. The first-order valence-electron chi connectivity index (χ1n) is 6.02. The van der Waals surface area contributed by atoms with Crippen LogP contribution in [-0.2, 0) is 14.3 Å². The maximum Gasteiger partial charge on any atom is 0.308 e.